The number of H-pyrrole nitrogens is 1. The number of benzene rings is 1. The SMILES string of the molecule is O=C(c1c[nH]c2ccccc12)N(CCO)C1CCCC1. The number of nitrogens with one attached hydrogen (secondary N) is 1. The van der Waals surface area contributed by atoms with Crippen LogP contribution in [0, 0.1) is 0 Å². The number of para-hydroxylation sites is 1. The fourth-order valence-corrected chi connectivity index (χ4v) is 3.18. The van der Waals surface area contributed by atoms with Crippen molar-refractivity contribution in [2.24, 2.45) is 0 Å². The Labute approximate surface area is 118 Å². The van der Waals surface area contributed by atoms with Crippen LogP contribution in [-0.2, 0) is 0 Å². The number of rotatable bonds is 4. The van der Waals surface area contributed by atoms with Gasteiger partial charge in [-0.05, 0) is 18.9 Å². The molecule has 1 saturated carbocycles. The molecule has 1 aliphatic carbocycles. The number of hydrogen-bond donors (Lipinski definition) is 2. The molecule has 0 radical (unpaired) electrons. The standard InChI is InChI=1S/C16H20N2O2/c19-10-9-18(12-5-1-2-6-12)16(20)14-11-17-15-8-4-3-7-13(14)15/h3-4,7-8,11-12,17,19H,1-2,5-6,9-10H2. The molecule has 1 heterocycles. The van der Waals surface area contributed by atoms with Gasteiger partial charge >= 0.3 is 0 Å². The average Bonchev–Trinajstić information content (AvgIpc) is 3.13. The van der Waals surface area contributed by atoms with E-state index in [1.807, 2.05) is 29.2 Å². The molecule has 20 heavy (non-hydrogen) atoms. The van der Waals surface area contributed by atoms with Crippen LogP contribution < -0.4 is 0 Å². The zero-order valence-corrected chi connectivity index (χ0v) is 11.5. The summed E-state index contributed by atoms with van der Waals surface area (Å²) < 4.78 is 0. The van der Waals surface area contributed by atoms with Crippen molar-refractivity contribution in [3.8, 4) is 0 Å². The van der Waals surface area contributed by atoms with Crippen LogP contribution >= 0.6 is 0 Å². The third-order valence-electron chi connectivity index (χ3n) is 4.19. The lowest BCUT2D eigenvalue weighted by Crippen LogP contribution is -2.40. The number of aliphatic hydroxyl groups excluding tert-OH is 1. The number of carbonyl (C=O) groups is 1. The molecule has 0 spiro atoms. The predicted molar refractivity (Wildman–Crippen MR) is 78.7 cm³/mol. The van der Waals surface area contributed by atoms with Gasteiger partial charge in [-0.2, -0.15) is 0 Å². The van der Waals surface area contributed by atoms with E-state index in [2.05, 4.69) is 4.98 Å². The highest BCUT2D eigenvalue weighted by Gasteiger charge is 2.28. The van der Waals surface area contributed by atoms with Crippen LogP contribution in [0.4, 0.5) is 0 Å². The Balaban J connectivity index is 1.92. The number of nitrogens with zero attached hydrogens (tertiary/aromatic N) is 1. The van der Waals surface area contributed by atoms with Crippen molar-refractivity contribution < 1.29 is 9.90 Å². The highest BCUT2D eigenvalue weighted by Crippen LogP contribution is 2.26. The smallest absolute Gasteiger partial charge is 0.256 e. The maximum Gasteiger partial charge on any atom is 0.256 e. The van der Waals surface area contributed by atoms with E-state index in [4.69, 9.17) is 0 Å². The van der Waals surface area contributed by atoms with E-state index >= 15 is 0 Å². The maximum atomic E-state index is 12.8. The van der Waals surface area contributed by atoms with E-state index in [1.54, 1.807) is 6.20 Å². The highest BCUT2D eigenvalue weighted by atomic mass is 16.3. The Morgan fingerprint density at radius 2 is 2.05 bits per heavy atom. The van der Waals surface area contributed by atoms with Crippen LogP contribution in [-0.4, -0.2) is 40.1 Å². The molecule has 0 saturated heterocycles. The minimum absolute atomic E-state index is 0.0184. The summed E-state index contributed by atoms with van der Waals surface area (Å²) in [5.74, 6) is 0.0309. The van der Waals surface area contributed by atoms with Gasteiger partial charge in [-0.25, -0.2) is 0 Å². The zero-order chi connectivity index (χ0) is 13.9. The van der Waals surface area contributed by atoms with E-state index in [9.17, 15) is 9.90 Å². The van der Waals surface area contributed by atoms with E-state index < -0.39 is 0 Å². The molecule has 0 unspecified atom stereocenters. The summed E-state index contributed by atoms with van der Waals surface area (Å²) in [5, 5.41) is 10.2. The lowest BCUT2D eigenvalue weighted by Gasteiger charge is -2.28. The maximum absolute atomic E-state index is 12.8. The largest absolute Gasteiger partial charge is 0.395 e. The second kappa shape index (κ2) is 5.67. The van der Waals surface area contributed by atoms with Crippen LogP contribution in [0.15, 0.2) is 30.5 Å². The van der Waals surface area contributed by atoms with Crippen molar-refractivity contribution in [1.82, 2.24) is 9.88 Å². The van der Waals surface area contributed by atoms with Crippen molar-refractivity contribution in [2.45, 2.75) is 31.7 Å². The summed E-state index contributed by atoms with van der Waals surface area (Å²) in [7, 11) is 0. The van der Waals surface area contributed by atoms with Gasteiger partial charge < -0.3 is 15.0 Å². The molecular formula is C16H20N2O2. The monoisotopic (exact) mass is 272 g/mol. The lowest BCUT2D eigenvalue weighted by molar-refractivity contribution is 0.0640. The summed E-state index contributed by atoms with van der Waals surface area (Å²) in [5.41, 5.74) is 1.69. The molecule has 2 N–H and O–H groups in total. The summed E-state index contributed by atoms with van der Waals surface area (Å²) in [4.78, 5) is 17.8. The molecule has 1 fully saturated rings. The van der Waals surface area contributed by atoms with Crippen LogP contribution in [0.5, 0.6) is 0 Å². The quantitative estimate of drug-likeness (QED) is 0.898. The number of aromatic nitrogens is 1. The fraction of sp³-hybridized carbons (Fsp3) is 0.438. The summed E-state index contributed by atoms with van der Waals surface area (Å²) in [6, 6.07) is 8.11. The Hall–Kier alpha value is -1.81. The first-order valence-corrected chi connectivity index (χ1v) is 7.29. The number of carbonyl (C=O) groups excluding carboxylic acids is 1. The van der Waals surface area contributed by atoms with Crippen LogP contribution in [0.3, 0.4) is 0 Å². The third-order valence-corrected chi connectivity index (χ3v) is 4.19. The second-order valence-electron chi connectivity index (χ2n) is 5.41. The fourth-order valence-electron chi connectivity index (χ4n) is 3.18. The first-order chi connectivity index (χ1) is 9.81. The molecule has 0 aliphatic heterocycles. The van der Waals surface area contributed by atoms with Crippen molar-refractivity contribution in [1.29, 1.82) is 0 Å². The van der Waals surface area contributed by atoms with Crippen LogP contribution in [0.25, 0.3) is 10.9 Å². The highest BCUT2D eigenvalue weighted by molar-refractivity contribution is 6.06. The third kappa shape index (κ3) is 2.31. The Kier molecular flexibility index (Phi) is 3.74. The zero-order valence-electron chi connectivity index (χ0n) is 11.5. The van der Waals surface area contributed by atoms with Crippen LogP contribution in [0.2, 0.25) is 0 Å². The molecule has 1 aromatic carbocycles. The molecule has 3 rings (SSSR count). The molecule has 0 bridgehead atoms. The van der Waals surface area contributed by atoms with Gasteiger partial charge in [0.1, 0.15) is 0 Å². The molecule has 1 aliphatic rings. The predicted octanol–water partition coefficient (Wildman–Crippen LogP) is 2.55. The Bertz CT molecular complexity index is 599. The first-order valence-electron chi connectivity index (χ1n) is 7.29. The minimum atomic E-state index is 0.0184. The van der Waals surface area contributed by atoms with E-state index in [1.165, 1.54) is 12.8 Å². The van der Waals surface area contributed by atoms with Crippen molar-refractivity contribution in [3.63, 3.8) is 0 Å². The van der Waals surface area contributed by atoms with Gasteiger partial charge in [0.15, 0.2) is 0 Å². The molecule has 1 aromatic heterocycles. The van der Waals surface area contributed by atoms with Crippen LogP contribution in [0.1, 0.15) is 36.0 Å². The number of aliphatic hydroxyl groups is 1. The van der Waals surface area contributed by atoms with Gasteiger partial charge in [-0.15, -0.1) is 0 Å². The number of fused-ring (bicyclic) bond motifs is 1. The van der Waals surface area contributed by atoms with Gasteiger partial charge in [-0.3, -0.25) is 4.79 Å². The topological polar surface area (TPSA) is 56.3 Å². The van der Waals surface area contributed by atoms with E-state index in [0.717, 1.165) is 23.7 Å². The second-order valence-corrected chi connectivity index (χ2v) is 5.41. The van der Waals surface area contributed by atoms with Gasteiger partial charge in [0.25, 0.3) is 5.91 Å². The van der Waals surface area contributed by atoms with Gasteiger partial charge in [0, 0.05) is 29.7 Å². The molecule has 4 heteroatoms. The molecule has 4 nitrogen and oxygen atoms in total. The van der Waals surface area contributed by atoms with Crippen molar-refractivity contribution in [2.75, 3.05) is 13.2 Å². The number of amides is 1. The van der Waals surface area contributed by atoms with Crippen molar-refractivity contribution in [3.05, 3.63) is 36.0 Å². The number of hydrogen-bond acceptors (Lipinski definition) is 2. The molecule has 2 aromatic rings. The summed E-state index contributed by atoms with van der Waals surface area (Å²) >= 11 is 0. The Morgan fingerprint density at radius 3 is 2.80 bits per heavy atom. The minimum Gasteiger partial charge on any atom is -0.395 e. The lowest BCUT2D eigenvalue weighted by atomic mass is 10.1. The average molecular weight is 272 g/mol. The van der Waals surface area contributed by atoms with E-state index in [-0.39, 0.29) is 18.6 Å². The summed E-state index contributed by atoms with van der Waals surface area (Å²) in [6.07, 6.45) is 6.23. The molecule has 1 amide bonds. The van der Waals surface area contributed by atoms with Crippen molar-refractivity contribution >= 4 is 16.8 Å². The van der Waals surface area contributed by atoms with Gasteiger partial charge in [-0.1, -0.05) is 31.0 Å². The normalized spacial score (nSPS) is 15.8. The summed E-state index contributed by atoms with van der Waals surface area (Å²) in [6.45, 7) is 0.438. The van der Waals surface area contributed by atoms with E-state index in [0.29, 0.717) is 12.1 Å². The Morgan fingerprint density at radius 1 is 1.30 bits per heavy atom. The first kappa shape index (κ1) is 13.2. The van der Waals surface area contributed by atoms with Gasteiger partial charge in [0.05, 0.1) is 12.2 Å². The molecule has 0 atom stereocenters. The molecule has 106 valence electrons. The van der Waals surface area contributed by atoms with Gasteiger partial charge in [0.2, 0.25) is 0 Å². The number of aromatic amines is 1. The molecular weight excluding hydrogens is 252 g/mol.